The van der Waals surface area contributed by atoms with E-state index in [9.17, 15) is 9.59 Å². The summed E-state index contributed by atoms with van der Waals surface area (Å²) in [5.74, 6) is -0.0246. The van der Waals surface area contributed by atoms with Gasteiger partial charge in [-0.1, -0.05) is 57.2 Å². The zero-order valence-corrected chi connectivity index (χ0v) is 23.6. The van der Waals surface area contributed by atoms with Gasteiger partial charge in [-0.15, -0.1) is 0 Å². The highest BCUT2D eigenvalue weighted by Gasteiger charge is 2.24. The fraction of sp³-hybridized carbons (Fsp3) is 0.625. The van der Waals surface area contributed by atoms with Gasteiger partial charge in [0, 0.05) is 12.5 Å². The van der Waals surface area contributed by atoms with Crippen molar-refractivity contribution in [1.29, 1.82) is 0 Å². The summed E-state index contributed by atoms with van der Waals surface area (Å²) in [7, 11) is 0. The first-order valence-electron chi connectivity index (χ1n) is 14.3. The SMILES string of the molecule is C=C(CO)C(=O)OCC(CCC1CCC(c2ccc(CCCCC)cc2)CC1)COC(=O)C(=C)COCC. The number of unbranched alkanes of at least 4 members (excludes halogenated alkanes) is 2. The zero-order valence-electron chi connectivity index (χ0n) is 23.6. The number of aryl methyl sites for hydroxylation is 1. The predicted molar refractivity (Wildman–Crippen MR) is 151 cm³/mol. The summed E-state index contributed by atoms with van der Waals surface area (Å²) in [6.45, 7) is 11.8. The van der Waals surface area contributed by atoms with Gasteiger partial charge in [0.1, 0.15) is 0 Å². The van der Waals surface area contributed by atoms with Crippen molar-refractivity contribution in [2.24, 2.45) is 11.8 Å². The Balaban J connectivity index is 1.83. The molecule has 0 saturated heterocycles. The number of aliphatic hydroxyl groups excluding tert-OH is 1. The Bertz CT molecular complexity index is 866. The molecule has 1 aromatic carbocycles. The molecule has 38 heavy (non-hydrogen) atoms. The molecule has 0 aromatic heterocycles. The minimum absolute atomic E-state index is 0.0122. The number of carbonyl (C=O) groups is 2. The fourth-order valence-corrected chi connectivity index (χ4v) is 4.95. The number of esters is 2. The molecule has 0 radical (unpaired) electrons. The van der Waals surface area contributed by atoms with E-state index in [1.165, 1.54) is 62.5 Å². The summed E-state index contributed by atoms with van der Waals surface area (Å²) in [5, 5.41) is 9.12. The summed E-state index contributed by atoms with van der Waals surface area (Å²) in [6.07, 6.45) is 11.4. The highest BCUT2D eigenvalue weighted by atomic mass is 16.5. The van der Waals surface area contributed by atoms with E-state index in [1.807, 2.05) is 6.92 Å². The van der Waals surface area contributed by atoms with Gasteiger partial charge in [-0.2, -0.15) is 0 Å². The van der Waals surface area contributed by atoms with E-state index in [2.05, 4.69) is 44.3 Å². The van der Waals surface area contributed by atoms with Crippen LogP contribution in [0, 0.1) is 11.8 Å². The Morgan fingerprint density at radius 3 is 2.16 bits per heavy atom. The molecule has 1 fully saturated rings. The van der Waals surface area contributed by atoms with E-state index in [0.29, 0.717) is 18.4 Å². The summed E-state index contributed by atoms with van der Waals surface area (Å²) < 4.78 is 16.0. The smallest absolute Gasteiger partial charge is 0.335 e. The summed E-state index contributed by atoms with van der Waals surface area (Å²) in [6, 6.07) is 9.26. The molecule has 0 bridgehead atoms. The molecule has 1 unspecified atom stereocenters. The normalized spacial score (nSPS) is 18.0. The van der Waals surface area contributed by atoms with Crippen LogP contribution < -0.4 is 0 Å². The molecule has 0 heterocycles. The lowest BCUT2D eigenvalue weighted by atomic mass is 9.76. The first-order valence-corrected chi connectivity index (χ1v) is 14.3. The molecule has 2 rings (SSSR count). The molecule has 1 saturated carbocycles. The van der Waals surface area contributed by atoms with Crippen molar-refractivity contribution in [1.82, 2.24) is 0 Å². The third kappa shape index (κ3) is 11.5. The zero-order chi connectivity index (χ0) is 27.8. The Morgan fingerprint density at radius 2 is 1.58 bits per heavy atom. The Hall–Kier alpha value is -2.44. The molecule has 0 amide bonds. The standard InChI is InChI=1S/C32H48O6/c1-5-7-8-9-26-12-16-29(17-13-26)30-18-14-27(15-19-30)10-11-28(22-37-31(34)24(3)20-33)23-38-32(35)25(4)21-36-6-2/h12-13,16-17,27-28,30,33H,3-11,14-15,18-23H2,1-2H3. The third-order valence-corrected chi connectivity index (χ3v) is 7.50. The molecular formula is C32H48O6. The van der Waals surface area contributed by atoms with Crippen LogP contribution >= 0.6 is 0 Å². The topological polar surface area (TPSA) is 82.1 Å². The second-order valence-corrected chi connectivity index (χ2v) is 10.6. The van der Waals surface area contributed by atoms with Crippen LogP contribution in [0.2, 0.25) is 0 Å². The lowest BCUT2D eigenvalue weighted by Gasteiger charge is -2.30. The van der Waals surface area contributed by atoms with Gasteiger partial charge < -0.3 is 19.3 Å². The van der Waals surface area contributed by atoms with E-state index in [4.69, 9.17) is 19.3 Å². The van der Waals surface area contributed by atoms with Gasteiger partial charge in [0.15, 0.2) is 0 Å². The third-order valence-electron chi connectivity index (χ3n) is 7.50. The monoisotopic (exact) mass is 528 g/mol. The lowest BCUT2D eigenvalue weighted by molar-refractivity contribution is -0.145. The average molecular weight is 529 g/mol. The number of rotatable bonds is 18. The first-order chi connectivity index (χ1) is 18.4. The highest BCUT2D eigenvalue weighted by molar-refractivity contribution is 5.88. The molecular weight excluding hydrogens is 480 g/mol. The van der Waals surface area contributed by atoms with E-state index in [-0.39, 0.29) is 36.9 Å². The van der Waals surface area contributed by atoms with Gasteiger partial charge in [0.2, 0.25) is 0 Å². The largest absolute Gasteiger partial charge is 0.462 e. The number of aliphatic hydroxyl groups is 1. The molecule has 1 atom stereocenters. The second kappa shape index (κ2) is 18.0. The van der Waals surface area contributed by atoms with Crippen LogP contribution in [0.4, 0.5) is 0 Å². The van der Waals surface area contributed by atoms with E-state index < -0.39 is 18.5 Å². The molecule has 6 heteroatoms. The van der Waals surface area contributed by atoms with Crippen molar-refractivity contribution in [2.75, 3.05) is 33.0 Å². The van der Waals surface area contributed by atoms with Crippen LogP contribution in [0.3, 0.4) is 0 Å². The molecule has 6 nitrogen and oxygen atoms in total. The van der Waals surface area contributed by atoms with Crippen molar-refractivity contribution >= 4 is 11.9 Å². The van der Waals surface area contributed by atoms with Crippen LogP contribution in [0.25, 0.3) is 0 Å². The van der Waals surface area contributed by atoms with Crippen molar-refractivity contribution in [3.63, 3.8) is 0 Å². The summed E-state index contributed by atoms with van der Waals surface area (Å²) in [4.78, 5) is 24.2. The molecule has 0 aliphatic heterocycles. The summed E-state index contributed by atoms with van der Waals surface area (Å²) >= 11 is 0. The maximum Gasteiger partial charge on any atom is 0.335 e. The van der Waals surface area contributed by atoms with Crippen LogP contribution in [0.15, 0.2) is 48.6 Å². The fourth-order valence-electron chi connectivity index (χ4n) is 4.95. The number of carbonyl (C=O) groups excluding carboxylic acids is 2. The van der Waals surface area contributed by atoms with E-state index in [1.54, 1.807) is 0 Å². The number of ether oxygens (including phenoxy) is 3. The molecule has 212 valence electrons. The van der Waals surface area contributed by atoms with Crippen molar-refractivity contribution < 1.29 is 28.9 Å². The van der Waals surface area contributed by atoms with Gasteiger partial charge >= 0.3 is 11.9 Å². The number of hydrogen-bond donors (Lipinski definition) is 1. The Labute approximate surface area is 229 Å². The van der Waals surface area contributed by atoms with Crippen molar-refractivity contribution in [2.45, 2.75) is 84.0 Å². The van der Waals surface area contributed by atoms with Crippen LogP contribution in [0.1, 0.15) is 88.7 Å². The van der Waals surface area contributed by atoms with Crippen LogP contribution in [-0.2, 0) is 30.2 Å². The van der Waals surface area contributed by atoms with Gasteiger partial charge in [0.05, 0.1) is 37.6 Å². The molecule has 1 aliphatic rings. The highest BCUT2D eigenvalue weighted by Crippen LogP contribution is 2.38. The van der Waals surface area contributed by atoms with Gasteiger partial charge in [0.25, 0.3) is 0 Å². The van der Waals surface area contributed by atoms with Crippen LogP contribution in [0.5, 0.6) is 0 Å². The second-order valence-electron chi connectivity index (χ2n) is 10.6. The predicted octanol–water partition coefficient (Wildman–Crippen LogP) is 6.32. The Kier molecular flexibility index (Phi) is 15.0. The minimum Gasteiger partial charge on any atom is -0.462 e. The number of benzene rings is 1. The van der Waals surface area contributed by atoms with Gasteiger partial charge in [-0.25, -0.2) is 9.59 Å². The minimum atomic E-state index is -0.624. The van der Waals surface area contributed by atoms with Gasteiger partial charge in [-0.05, 0) is 81.3 Å². The van der Waals surface area contributed by atoms with Gasteiger partial charge in [-0.3, -0.25) is 0 Å². The molecule has 1 aliphatic carbocycles. The van der Waals surface area contributed by atoms with E-state index >= 15 is 0 Å². The van der Waals surface area contributed by atoms with Crippen LogP contribution in [-0.4, -0.2) is 50.1 Å². The maximum atomic E-state index is 12.3. The maximum absolute atomic E-state index is 12.3. The molecule has 0 spiro atoms. The molecule has 1 N–H and O–H groups in total. The number of hydrogen-bond acceptors (Lipinski definition) is 6. The average Bonchev–Trinajstić information content (AvgIpc) is 2.95. The van der Waals surface area contributed by atoms with Crippen molar-refractivity contribution in [3.8, 4) is 0 Å². The van der Waals surface area contributed by atoms with Crippen molar-refractivity contribution in [3.05, 3.63) is 59.7 Å². The first kappa shape index (κ1) is 31.8. The molecule has 1 aromatic rings. The van der Waals surface area contributed by atoms with E-state index in [0.717, 1.165) is 12.8 Å². The lowest BCUT2D eigenvalue weighted by Crippen LogP contribution is -2.24. The quantitative estimate of drug-likeness (QED) is 0.136. The Morgan fingerprint density at radius 1 is 0.947 bits per heavy atom. The summed E-state index contributed by atoms with van der Waals surface area (Å²) in [5.41, 5.74) is 3.17.